The number of nitriles is 1. The molecule has 5 rings (SSSR count). The minimum absolute atomic E-state index is 0.0919. The van der Waals surface area contributed by atoms with Crippen LogP contribution in [0.3, 0.4) is 0 Å². The summed E-state index contributed by atoms with van der Waals surface area (Å²) < 4.78 is 5.49. The maximum atomic E-state index is 13.3. The Morgan fingerprint density at radius 1 is 1.21 bits per heavy atom. The van der Waals surface area contributed by atoms with Crippen LogP contribution in [0.25, 0.3) is 21.6 Å². The van der Waals surface area contributed by atoms with Gasteiger partial charge in [0.05, 0.1) is 30.6 Å². The molecule has 0 atom stereocenters. The van der Waals surface area contributed by atoms with Crippen molar-refractivity contribution in [1.29, 1.82) is 5.26 Å². The number of carbonyl (C=O) groups excluding carboxylic acids is 1. The fourth-order valence-electron chi connectivity index (χ4n) is 3.97. The predicted molar refractivity (Wildman–Crippen MR) is 130 cm³/mol. The Kier molecular flexibility index (Phi) is 5.86. The number of aromatic nitrogens is 4. The molecule has 170 valence electrons. The van der Waals surface area contributed by atoms with Crippen LogP contribution in [0.5, 0.6) is 5.75 Å². The van der Waals surface area contributed by atoms with E-state index in [1.54, 1.807) is 31.5 Å². The van der Waals surface area contributed by atoms with Crippen LogP contribution >= 0.6 is 22.9 Å². The number of rotatable bonds is 5. The summed E-state index contributed by atoms with van der Waals surface area (Å²) in [6.45, 7) is 1.85. The number of nitrogens with one attached hydrogen (secondary N) is 1. The zero-order valence-electron chi connectivity index (χ0n) is 18.4. The summed E-state index contributed by atoms with van der Waals surface area (Å²) in [5, 5.41) is 12.8. The molecule has 1 amide bonds. The zero-order chi connectivity index (χ0) is 23.8. The summed E-state index contributed by atoms with van der Waals surface area (Å²) in [5.74, 6) is 0.573. The van der Waals surface area contributed by atoms with E-state index in [1.807, 2.05) is 13.0 Å². The highest BCUT2D eigenvalue weighted by Gasteiger charge is 2.31. The highest BCUT2D eigenvalue weighted by atomic mass is 35.5. The Bertz CT molecular complexity index is 1460. The minimum atomic E-state index is -0.361. The number of methoxy groups -OCH3 is 1. The fourth-order valence-corrected chi connectivity index (χ4v) is 4.94. The molecule has 1 saturated carbocycles. The van der Waals surface area contributed by atoms with Crippen LogP contribution in [0.2, 0.25) is 5.02 Å². The van der Waals surface area contributed by atoms with E-state index in [1.165, 1.54) is 17.5 Å². The summed E-state index contributed by atoms with van der Waals surface area (Å²) in [6, 6.07) is 9.36. The molecular formula is C24H19ClN6O2S. The largest absolute Gasteiger partial charge is 0.496 e. The molecule has 1 aromatic carbocycles. The predicted octanol–water partition coefficient (Wildman–Crippen LogP) is 5.39. The Hall–Kier alpha value is -3.61. The molecule has 34 heavy (non-hydrogen) atoms. The smallest absolute Gasteiger partial charge is 0.259 e. The van der Waals surface area contributed by atoms with Gasteiger partial charge in [0.1, 0.15) is 5.75 Å². The van der Waals surface area contributed by atoms with Crippen LogP contribution in [0.1, 0.15) is 40.5 Å². The summed E-state index contributed by atoms with van der Waals surface area (Å²) in [5.41, 5.74) is 3.80. The van der Waals surface area contributed by atoms with Crippen molar-refractivity contribution in [2.24, 2.45) is 5.92 Å². The van der Waals surface area contributed by atoms with Gasteiger partial charge in [0.2, 0.25) is 0 Å². The lowest BCUT2D eigenvalue weighted by Crippen LogP contribution is -2.21. The number of halogens is 1. The molecule has 1 fully saturated rings. The number of anilines is 1. The number of benzene rings is 1. The average Bonchev–Trinajstić information content (AvgIpc) is 3.19. The van der Waals surface area contributed by atoms with Crippen LogP contribution < -0.4 is 10.1 Å². The van der Waals surface area contributed by atoms with Crippen molar-refractivity contribution in [2.45, 2.75) is 25.7 Å². The van der Waals surface area contributed by atoms with Crippen molar-refractivity contribution < 1.29 is 9.53 Å². The molecule has 8 nitrogen and oxygen atoms in total. The lowest BCUT2D eigenvalue weighted by atomic mass is 9.74. The van der Waals surface area contributed by atoms with Crippen molar-refractivity contribution in [3.63, 3.8) is 0 Å². The standard InChI is InChI=1S/C24H19ClN6O2S/c1-12-5-16(17-8-15(25)3-4-20(17)33-2)18(10-27-12)22(32)31-24-30-21-23(34-24)29-19(11-28-21)14-6-13(7-14)9-26/h3-5,8,10-11,13-14H,6-7H2,1-2H3,(H,28,30,31,32)/t13-,14-. The summed E-state index contributed by atoms with van der Waals surface area (Å²) in [6.07, 6.45) is 4.84. The van der Waals surface area contributed by atoms with Gasteiger partial charge in [-0.25, -0.2) is 9.97 Å². The van der Waals surface area contributed by atoms with E-state index in [-0.39, 0.29) is 17.7 Å². The Labute approximate surface area is 204 Å². The Morgan fingerprint density at radius 3 is 2.79 bits per heavy atom. The van der Waals surface area contributed by atoms with Gasteiger partial charge in [-0.1, -0.05) is 22.9 Å². The fraction of sp³-hybridized carbons (Fsp3) is 0.250. The number of hydrogen-bond acceptors (Lipinski definition) is 8. The number of ether oxygens (including phenoxy) is 1. The molecule has 0 radical (unpaired) electrons. The minimum Gasteiger partial charge on any atom is -0.496 e. The number of amides is 1. The SMILES string of the molecule is COc1ccc(Cl)cc1-c1cc(C)ncc1C(=O)Nc1nc2ncc([C@H]3C[C@H](C#N)C3)nc2s1. The normalized spacial score (nSPS) is 17.1. The number of aryl methyl sites for hydroxylation is 1. The van der Waals surface area contributed by atoms with Gasteiger partial charge in [0.25, 0.3) is 5.91 Å². The van der Waals surface area contributed by atoms with Gasteiger partial charge in [-0.05, 0) is 44.0 Å². The second kappa shape index (κ2) is 8.97. The van der Waals surface area contributed by atoms with Gasteiger partial charge in [-0.3, -0.25) is 15.1 Å². The number of pyridine rings is 1. The number of fused-ring (bicyclic) bond motifs is 1. The number of nitrogens with zero attached hydrogens (tertiary/aromatic N) is 5. The maximum Gasteiger partial charge on any atom is 0.259 e. The Morgan fingerprint density at radius 2 is 2.03 bits per heavy atom. The molecule has 0 spiro atoms. The first kappa shape index (κ1) is 22.2. The van der Waals surface area contributed by atoms with Crippen molar-refractivity contribution in [2.75, 3.05) is 12.4 Å². The number of hydrogen-bond donors (Lipinski definition) is 1. The lowest BCUT2D eigenvalue weighted by Gasteiger charge is -2.29. The van der Waals surface area contributed by atoms with E-state index in [4.69, 9.17) is 21.6 Å². The van der Waals surface area contributed by atoms with Crippen LogP contribution in [0.15, 0.2) is 36.7 Å². The molecule has 4 aromatic rings. The molecule has 1 aliphatic carbocycles. The first-order chi connectivity index (χ1) is 16.4. The zero-order valence-corrected chi connectivity index (χ0v) is 19.9. The van der Waals surface area contributed by atoms with Crippen molar-refractivity contribution in [3.8, 4) is 22.9 Å². The van der Waals surface area contributed by atoms with Gasteiger partial charge < -0.3 is 4.74 Å². The van der Waals surface area contributed by atoms with Crippen LogP contribution in [0, 0.1) is 24.2 Å². The quantitative estimate of drug-likeness (QED) is 0.399. The first-order valence-electron chi connectivity index (χ1n) is 10.6. The second-order valence-electron chi connectivity index (χ2n) is 8.11. The van der Waals surface area contributed by atoms with E-state index < -0.39 is 0 Å². The topological polar surface area (TPSA) is 114 Å². The maximum absolute atomic E-state index is 13.3. The van der Waals surface area contributed by atoms with Gasteiger partial charge >= 0.3 is 0 Å². The molecule has 3 aromatic heterocycles. The van der Waals surface area contributed by atoms with E-state index >= 15 is 0 Å². The van der Waals surface area contributed by atoms with E-state index in [0.29, 0.717) is 43.1 Å². The average molecular weight is 491 g/mol. The van der Waals surface area contributed by atoms with Gasteiger partial charge in [0.15, 0.2) is 15.6 Å². The van der Waals surface area contributed by atoms with Gasteiger partial charge in [-0.15, -0.1) is 0 Å². The van der Waals surface area contributed by atoms with Crippen molar-refractivity contribution in [3.05, 3.63) is 58.6 Å². The lowest BCUT2D eigenvalue weighted by molar-refractivity contribution is 0.102. The Balaban J connectivity index is 1.44. The molecule has 0 unspecified atom stereocenters. The second-order valence-corrected chi connectivity index (χ2v) is 9.52. The van der Waals surface area contributed by atoms with Gasteiger partial charge in [-0.2, -0.15) is 10.2 Å². The summed E-state index contributed by atoms with van der Waals surface area (Å²) >= 11 is 7.49. The molecule has 1 N–H and O–H groups in total. The summed E-state index contributed by atoms with van der Waals surface area (Å²) in [7, 11) is 1.57. The van der Waals surface area contributed by atoms with Crippen molar-refractivity contribution >= 4 is 44.5 Å². The third-order valence-corrected chi connectivity index (χ3v) is 6.93. The third kappa shape index (κ3) is 4.18. The summed E-state index contributed by atoms with van der Waals surface area (Å²) in [4.78, 5) is 31.7. The third-order valence-electron chi connectivity index (χ3n) is 5.84. The molecule has 0 saturated heterocycles. The molecule has 10 heteroatoms. The molecule has 0 aliphatic heterocycles. The number of carbonyl (C=O) groups is 1. The molecule has 3 heterocycles. The van der Waals surface area contributed by atoms with Gasteiger partial charge in [0, 0.05) is 39.9 Å². The van der Waals surface area contributed by atoms with E-state index in [2.05, 4.69) is 31.3 Å². The molecular weight excluding hydrogens is 472 g/mol. The monoisotopic (exact) mass is 490 g/mol. The molecule has 1 aliphatic rings. The van der Waals surface area contributed by atoms with Crippen LogP contribution in [-0.4, -0.2) is 33.0 Å². The highest BCUT2D eigenvalue weighted by Crippen LogP contribution is 2.41. The highest BCUT2D eigenvalue weighted by molar-refractivity contribution is 7.21. The number of thiazole rings is 1. The van der Waals surface area contributed by atoms with Crippen LogP contribution in [-0.2, 0) is 0 Å². The van der Waals surface area contributed by atoms with Crippen molar-refractivity contribution in [1.82, 2.24) is 19.9 Å². The van der Waals surface area contributed by atoms with E-state index in [9.17, 15) is 4.79 Å². The van der Waals surface area contributed by atoms with Crippen LogP contribution in [0.4, 0.5) is 5.13 Å². The molecule has 0 bridgehead atoms. The first-order valence-corrected chi connectivity index (χ1v) is 11.8. The van der Waals surface area contributed by atoms with E-state index in [0.717, 1.165) is 24.2 Å².